The van der Waals surface area contributed by atoms with Crippen molar-refractivity contribution in [3.05, 3.63) is 53.6 Å². The van der Waals surface area contributed by atoms with E-state index in [-0.39, 0.29) is 5.82 Å². The number of morpholine rings is 1. The quantitative estimate of drug-likeness (QED) is 0.831. The van der Waals surface area contributed by atoms with Crippen molar-refractivity contribution < 1.29 is 9.13 Å². The van der Waals surface area contributed by atoms with Crippen LogP contribution < -0.4 is 0 Å². The van der Waals surface area contributed by atoms with E-state index >= 15 is 0 Å². The fourth-order valence-corrected chi connectivity index (χ4v) is 3.81. The number of benzene rings is 1. The Hall–Kier alpha value is -1.76. The average Bonchev–Trinajstić information content (AvgIpc) is 3.28. The van der Waals surface area contributed by atoms with Crippen LogP contribution in [0.15, 0.2) is 36.7 Å². The largest absolute Gasteiger partial charge is 0.379 e. The van der Waals surface area contributed by atoms with Crippen LogP contribution in [0.25, 0.3) is 0 Å². The predicted octanol–water partition coefficient (Wildman–Crippen LogP) is 1.98. The van der Waals surface area contributed by atoms with Gasteiger partial charge in [0.1, 0.15) is 5.82 Å². The van der Waals surface area contributed by atoms with Crippen molar-refractivity contribution in [1.82, 2.24) is 19.6 Å². The molecule has 1 atom stereocenters. The van der Waals surface area contributed by atoms with Gasteiger partial charge >= 0.3 is 0 Å². The Labute approximate surface area is 148 Å². The first kappa shape index (κ1) is 16.7. The van der Waals surface area contributed by atoms with E-state index in [4.69, 9.17) is 4.74 Å². The van der Waals surface area contributed by atoms with Crippen LogP contribution in [0.2, 0.25) is 0 Å². The molecule has 0 aliphatic carbocycles. The molecule has 2 aliphatic rings. The van der Waals surface area contributed by atoms with Gasteiger partial charge in [0.05, 0.1) is 26.0 Å². The van der Waals surface area contributed by atoms with E-state index in [9.17, 15) is 4.39 Å². The topological polar surface area (TPSA) is 33.5 Å². The molecule has 3 heterocycles. The maximum Gasteiger partial charge on any atom is 0.123 e. The number of rotatable bonds is 5. The SMILES string of the molecule is Fc1ccc(Cn2cc(CN3CCC(N4CCOCC4)C3)cn2)cc1. The first-order chi connectivity index (χ1) is 12.3. The zero-order chi connectivity index (χ0) is 17.1. The molecular weight excluding hydrogens is 319 g/mol. The van der Waals surface area contributed by atoms with Gasteiger partial charge in [0.25, 0.3) is 0 Å². The summed E-state index contributed by atoms with van der Waals surface area (Å²) in [6, 6.07) is 7.28. The van der Waals surface area contributed by atoms with Gasteiger partial charge in [-0.05, 0) is 24.1 Å². The Morgan fingerprint density at radius 3 is 2.64 bits per heavy atom. The van der Waals surface area contributed by atoms with Crippen molar-refractivity contribution in [1.29, 1.82) is 0 Å². The molecule has 2 fully saturated rings. The standard InChI is InChI=1S/C19H25FN4O/c20-18-3-1-16(2-4-18)13-24-14-17(11-21-24)12-22-6-5-19(15-22)23-7-9-25-10-8-23/h1-4,11,14,19H,5-10,12-13,15H2. The Morgan fingerprint density at radius 2 is 1.84 bits per heavy atom. The third-order valence-electron chi connectivity index (χ3n) is 5.16. The zero-order valence-corrected chi connectivity index (χ0v) is 14.5. The fraction of sp³-hybridized carbons (Fsp3) is 0.526. The molecule has 0 bridgehead atoms. The predicted molar refractivity (Wildman–Crippen MR) is 93.8 cm³/mol. The Morgan fingerprint density at radius 1 is 1.04 bits per heavy atom. The molecule has 1 aromatic heterocycles. The van der Waals surface area contributed by atoms with Gasteiger partial charge in [-0.1, -0.05) is 12.1 Å². The maximum atomic E-state index is 13.0. The normalized spacial score (nSPS) is 22.5. The summed E-state index contributed by atoms with van der Waals surface area (Å²) in [5.74, 6) is -0.200. The van der Waals surface area contributed by atoms with Gasteiger partial charge in [-0.15, -0.1) is 0 Å². The number of aromatic nitrogens is 2. The molecule has 1 unspecified atom stereocenters. The molecule has 2 aliphatic heterocycles. The molecule has 0 spiro atoms. The summed E-state index contributed by atoms with van der Waals surface area (Å²) in [6.07, 6.45) is 5.29. The van der Waals surface area contributed by atoms with Crippen molar-refractivity contribution in [3.8, 4) is 0 Å². The van der Waals surface area contributed by atoms with E-state index in [2.05, 4.69) is 21.1 Å². The summed E-state index contributed by atoms with van der Waals surface area (Å²) in [6.45, 7) is 7.76. The van der Waals surface area contributed by atoms with Crippen molar-refractivity contribution in [2.75, 3.05) is 39.4 Å². The Kier molecular flexibility index (Phi) is 5.10. The van der Waals surface area contributed by atoms with E-state index < -0.39 is 0 Å². The third-order valence-corrected chi connectivity index (χ3v) is 5.16. The highest BCUT2D eigenvalue weighted by molar-refractivity contribution is 5.17. The summed E-state index contributed by atoms with van der Waals surface area (Å²) in [5.41, 5.74) is 2.30. The Bertz CT molecular complexity index is 681. The second-order valence-electron chi connectivity index (χ2n) is 7.00. The second-order valence-corrected chi connectivity index (χ2v) is 7.00. The number of hydrogen-bond donors (Lipinski definition) is 0. The lowest BCUT2D eigenvalue weighted by Crippen LogP contribution is -2.44. The van der Waals surface area contributed by atoms with Crippen LogP contribution in [0.4, 0.5) is 4.39 Å². The zero-order valence-electron chi connectivity index (χ0n) is 14.5. The maximum absolute atomic E-state index is 13.0. The first-order valence-corrected chi connectivity index (χ1v) is 9.06. The van der Waals surface area contributed by atoms with Gasteiger partial charge in [-0.25, -0.2) is 4.39 Å². The van der Waals surface area contributed by atoms with Crippen LogP contribution in [0.1, 0.15) is 17.5 Å². The van der Waals surface area contributed by atoms with E-state index in [1.807, 2.05) is 23.0 Å². The van der Waals surface area contributed by atoms with Crippen LogP contribution in [0.5, 0.6) is 0 Å². The van der Waals surface area contributed by atoms with Gasteiger partial charge in [0.15, 0.2) is 0 Å². The van der Waals surface area contributed by atoms with Gasteiger partial charge in [0.2, 0.25) is 0 Å². The minimum absolute atomic E-state index is 0.200. The molecule has 2 saturated heterocycles. The number of likely N-dealkylation sites (tertiary alicyclic amines) is 1. The van der Waals surface area contributed by atoms with Crippen molar-refractivity contribution in [2.24, 2.45) is 0 Å². The molecule has 0 radical (unpaired) electrons. The van der Waals surface area contributed by atoms with Crippen LogP contribution in [-0.4, -0.2) is 65.0 Å². The average molecular weight is 344 g/mol. The smallest absolute Gasteiger partial charge is 0.123 e. The summed E-state index contributed by atoms with van der Waals surface area (Å²) in [4.78, 5) is 5.08. The van der Waals surface area contributed by atoms with Gasteiger partial charge in [-0.2, -0.15) is 5.10 Å². The highest BCUT2D eigenvalue weighted by atomic mass is 19.1. The van der Waals surface area contributed by atoms with E-state index in [1.54, 1.807) is 0 Å². The van der Waals surface area contributed by atoms with Crippen LogP contribution in [0, 0.1) is 5.82 Å². The van der Waals surface area contributed by atoms with Crippen molar-refractivity contribution >= 4 is 0 Å². The van der Waals surface area contributed by atoms with Gasteiger partial charge in [-0.3, -0.25) is 14.5 Å². The summed E-state index contributed by atoms with van der Waals surface area (Å²) < 4.78 is 20.4. The molecule has 25 heavy (non-hydrogen) atoms. The minimum atomic E-state index is -0.200. The number of hydrogen-bond acceptors (Lipinski definition) is 4. The molecule has 0 amide bonds. The summed E-state index contributed by atoms with van der Waals surface area (Å²) in [7, 11) is 0. The molecule has 134 valence electrons. The lowest BCUT2D eigenvalue weighted by Gasteiger charge is -2.32. The van der Waals surface area contributed by atoms with Gasteiger partial charge in [0, 0.05) is 50.5 Å². The van der Waals surface area contributed by atoms with Crippen LogP contribution >= 0.6 is 0 Å². The Balaban J connectivity index is 1.30. The number of nitrogens with zero attached hydrogens (tertiary/aromatic N) is 4. The molecule has 0 N–H and O–H groups in total. The molecule has 4 rings (SSSR count). The van der Waals surface area contributed by atoms with E-state index in [1.165, 1.54) is 24.1 Å². The molecule has 2 aromatic rings. The molecular formula is C19H25FN4O. The highest BCUT2D eigenvalue weighted by Crippen LogP contribution is 2.19. The van der Waals surface area contributed by atoms with Crippen molar-refractivity contribution in [3.63, 3.8) is 0 Å². The molecule has 1 aromatic carbocycles. The third kappa shape index (κ3) is 4.26. The summed E-state index contributed by atoms with van der Waals surface area (Å²) >= 11 is 0. The minimum Gasteiger partial charge on any atom is -0.379 e. The molecule has 6 heteroatoms. The lowest BCUT2D eigenvalue weighted by atomic mass is 10.2. The first-order valence-electron chi connectivity index (χ1n) is 9.06. The lowest BCUT2D eigenvalue weighted by molar-refractivity contribution is 0.0184. The van der Waals surface area contributed by atoms with Crippen molar-refractivity contribution in [2.45, 2.75) is 25.6 Å². The fourth-order valence-electron chi connectivity index (χ4n) is 3.81. The van der Waals surface area contributed by atoms with E-state index in [0.29, 0.717) is 12.6 Å². The highest BCUT2D eigenvalue weighted by Gasteiger charge is 2.28. The second kappa shape index (κ2) is 7.64. The van der Waals surface area contributed by atoms with Crippen LogP contribution in [-0.2, 0) is 17.8 Å². The number of ether oxygens (including phenoxy) is 1. The van der Waals surface area contributed by atoms with Gasteiger partial charge < -0.3 is 4.74 Å². The monoisotopic (exact) mass is 344 g/mol. The van der Waals surface area contributed by atoms with Crippen LogP contribution in [0.3, 0.4) is 0 Å². The molecule has 5 nitrogen and oxygen atoms in total. The summed E-state index contributed by atoms with van der Waals surface area (Å²) in [5, 5.41) is 4.45. The van der Waals surface area contributed by atoms with E-state index in [0.717, 1.165) is 51.5 Å². The molecule has 0 saturated carbocycles. The number of halogens is 1.